The van der Waals surface area contributed by atoms with Crippen molar-refractivity contribution >= 4 is 35.3 Å². The largest absolute Gasteiger partial charge is 0.455 e. The number of piperidine rings is 1. The zero-order chi connectivity index (χ0) is 23.9. The third-order valence-corrected chi connectivity index (χ3v) is 5.37. The fourth-order valence-electron chi connectivity index (χ4n) is 3.35. The van der Waals surface area contributed by atoms with Gasteiger partial charge in [-0.2, -0.15) is 5.26 Å². The van der Waals surface area contributed by atoms with Crippen LogP contribution in [0.3, 0.4) is 0 Å². The summed E-state index contributed by atoms with van der Waals surface area (Å²) in [6.45, 7) is 7.59. The average Bonchev–Trinajstić information content (AvgIpc) is 2.73. The van der Waals surface area contributed by atoms with E-state index in [0.717, 1.165) is 5.56 Å². The summed E-state index contributed by atoms with van der Waals surface area (Å²) >= 11 is 6.07. The molecule has 0 spiro atoms. The number of esters is 1. The highest BCUT2D eigenvalue weighted by molar-refractivity contribution is 6.31. The Bertz CT molecular complexity index is 891. The molecule has 9 heteroatoms. The Morgan fingerprint density at radius 2 is 2.03 bits per heavy atom. The fourth-order valence-corrected chi connectivity index (χ4v) is 3.46. The summed E-state index contributed by atoms with van der Waals surface area (Å²) in [6.07, 6.45) is 0.882. The fraction of sp³-hybridized carbons (Fsp3) is 0.565. The molecule has 1 aliphatic heterocycles. The molecule has 0 radical (unpaired) electrons. The number of carbonyl (C=O) groups is 3. The lowest BCUT2D eigenvalue weighted by Crippen LogP contribution is -2.45. The van der Waals surface area contributed by atoms with Crippen molar-refractivity contribution in [2.75, 3.05) is 31.1 Å². The smallest absolute Gasteiger partial charge is 0.410 e. The molecular formula is C23H30ClN3O5. The van der Waals surface area contributed by atoms with Gasteiger partial charge in [-0.1, -0.05) is 11.6 Å². The molecule has 1 aromatic carbocycles. The molecule has 2 rings (SSSR count). The molecule has 1 aromatic rings. The second kappa shape index (κ2) is 11.2. The van der Waals surface area contributed by atoms with E-state index in [2.05, 4.69) is 0 Å². The molecule has 1 heterocycles. The van der Waals surface area contributed by atoms with E-state index < -0.39 is 36.1 Å². The third-order valence-electron chi connectivity index (χ3n) is 4.95. The monoisotopic (exact) mass is 463 g/mol. The van der Waals surface area contributed by atoms with Crippen LogP contribution in [0.1, 0.15) is 45.6 Å². The van der Waals surface area contributed by atoms with Crippen LogP contribution in [0.5, 0.6) is 0 Å². The Hall–Kier alpha value is -2.79. The van der Waals surface area contributed by atoms with Gasteiger partial charge < -0.3 is 19.3 Å². The maximum atomic E-state index is 12.8. The number of hydrogen-bond donors (Lipinski definition) is 0. The molecular weight excluding hydrogens is 434 g/mol. The molecule has 32 heavy (non-hydrogen) atoms. The van der Waals surface area contributed by atoms with Crippen LogP contribution in [0.15, 0.2) is 18.2 Å². The SMILES string of the molecule is Cc1cc(N(CCC#N)C(=O)COC(=O)C2CCCN(C(=O)OC(C)(C)C)C2)ccc1Cl. The minimum atomic E-state index is -0.621. The molecule has 1 atom stereocenters. The zero-order valence-electron chi connectivity index (χ0n) is 19.0. The van der Waals surface area contributed by atoms with Crippen molar-refractivity contribution in [3.8, 4) is 6.07 Å². The number of carbonyl (C=O) groups excluding carboxylic acids is 3. The molecule has 1 unspecified atom stereocenters. The topological polar surface area (TPSA) is 99.9 Å². The summed E-state index contributed by atoms with van der Waals surface area (Å²) in [5, 5.41) is 9.50. The first kappa shape index (κ1) is 25.5. The number of nitriles is 1. The number of nitrogens with zero attached hydrogens (tertiary/aromatic N) is 3. The molecule has 0 aromatic heterocycles. The van der Waals surface area contributed by atoms with Crippen molar-refractivity contribution in [3.63, 3.8) is 0 Å². The quantitative estimate of drug-likeness (QED) is 0.589. The maximum Gasteiger partial charge on any atom is 0.410 e. The number of anilines is 1. The number of aryl methyl sites for hydroxylation is 1. The number of ether oxygens (including phenoxy) is 2. The van der Waals surface area contributed by atoms with Gasteiger partial charge in [0.05, 0.1) is 18.4 Å². The van der Waals surface area contributed by atoms with Crippen LogP contribution in [-0.4, -0.2) is 54.7 Å². The van der Waals surface area contributed by atoms with Crippen molar-refractivity contribution in [2.24, 2.45) is 5.92 Å². The highest BCUT2D eigenvalue weighted by atomic mass is 35.5. The molecule has 0 saturated carbocycles. The number of halogens is 1. The zero-order valence-corrected chi connectivity index (χ0v) is 19.8. The molecule has 1 saturated heterocycles. The lowest BCUT2D eigenvalue weighted by Gasteiger charge is -2.33. The van der Waals surface area contributed by atoms with E-state index >= 15 is 0 Å². The predicted octanol–water partition coefficient (Wildman–Crippen LogP) is 4.09. The molecule has 1 fully saturated rings. The molecule has 0 bridgehead atoms. The van der Waals surface area contributed by atoms with Gasteiger partial charge in [0.25, 0.3) is 5.91 Å². The number of amides is 2. The minimum Gasteiger partial charge on any atom is -0.455 e. The van der Waals surface area contributed by atoms with Gasteiger partial charge in [-0.3, -0.25) is 9.59 Å². The Kier molecular flexibility index (Phi) is 8.90. The van der Waals surface area contributed by atoms with Crippen LogP contribution in [0.25, 0.3) is 0 Å². The van der Waals surface area contributed by atoms with Gasteiger partial charge in [-0.15, -0.1) is 0 Å². The number of likely N-dealkylation sites (tertiary alicyclic amines) is 1. The van der Waals surface area contributed by atoms with E-state index in [9.17, 15) is 14.4 Å². The minimum absolute atomic E-state index is 0.134. The van der Waals surface area contributed by atoms with E-state index in [1.165, 1.54) is 9.80 Å². The van der Waals surface area contributed by atoms with Crippen LogP contribution in [0.2, 0.25) is 5.02 Å². The highest BCUT2D eigenvalue weighted by Crippen LogP contribution is 2.24. The predicted molar refractivity (Wildman–Crippen MR) is 120 cm³/mol. The van der Waals surface area contributed by atoms with Crippen molar-refractivity contribution < 1.29 is 23.9 Å². The average molecular weight is 464 g/mol. The Labute approximate surface area is 194 Å². The van der Waals surface area contributed by atoms with Gasteiger partial charge >= 0.3 is 12.1 Å². The van der Waals surface area contributed by atoms with Gasteiger partial charge in [0.15, 0.2) is 6.61 Å². The number of hydrogen-bond acceptors (Lipinski definition) is 6. The third kappa shape index (κ3) is 7.41. The van der Waals surface area contributed by atoms with Crippen molar-refractivity contribution in [1.29, 1.82) is 5.26 Å². The van der Waals surface area contributed by atoms with Crippen molar-refractivity contribution in [3.05, 3.63) is 28.8 Å². The summed E-state index contributed by atoms with van der Waals surface area (Å²) in [5.74, 6) is -1.48. The van der Waals surface area contributed by atoms with Gasteiger partial charge in [0.2, 0.25) is 0 Å². The molecule has 8 nitrogen and oxygen atoms in total. The molecule has 1 aliphatic rings. The van der Waals surface area contributed by atoms with Gasteiger partial charge in [-0.05, 0) is 64.3 Å². The first-order chi connectivity index (χ1) is 15.0. The van der Waals surface area contributed by atoms with E-state index in [1.54, 1.807) is 39.0 Å². The summed E-state index contributed by atoms with van der Waals surface area (Å²) in [4.78, 5) is 40.6. The molecule has 2 amide bonds. The second-order valence-electron chi connectivity index (χ2n) is 8.76. The Morgan fingerprint density at radius 3 is 2.66 bits per heavy atom. The number of rotatable bonds is 6. The molecule has 0 N–H and O–H groups in total. The first-order valence-corrected chi connectivity index (χ1v) is 11.0. The van der Waals surface area contributed by atoms with Gasteiger partial charge in [0.1, 0.15) is 5.60 Å². The molecule has 174 valence electrons. The highest BCUT2D eigenvalue weighted by Gasteiger charge is 2.32. The summed E-state index contributed by atoms with van der Waals surface area (Å²) < 4.78 is 10.7. The van der Waals surface area contributed by atoms with Crippen molar-refractivity contribution in [2.45, 2.75) is 52.6 Å². The maximum absolute atomic E-state index is 12.8. The summed E-state index contributed by atoms with van der Waals surface area (Å²) in [7, 11) is 0. The normalized spacial score (nSPS) is 16.1. The van der Waals surface area contributed by atoms with Gasteiger partial charge in [-0.25, -0.2) is 4.79 Å². The van der Waals surface area contributed by atoms with Crippen LogP contribution >= 0.6 is 11.6 Å². The lowest BCUT2D eigenvalue weighted by molar-refractivity contribution is -0.153. The summed E-state index contributed by atoms with van der Waals surface area (Å²) in [6, 6.07) is 7.13. The molecule has 0 aliphatic carbocycles. The number of benzene rings is 1. The lowest BCUT2D eigenvalue weighted by atomic mass is 9.98. The van der Waals surface area contributed by atoms with Crippen LogP contribution < -0.4 is 4.90 Å². The Balaban J connectivity index is 1.98. The van der Waals surface area contributed by atoms with E-state index in [4.69, 9.17) is 26.3 Å². The van der Waals surface area contributed by atoms with Crippen LogP contribution in [0, 0.1) is 24.2 Å². The van der Waals surface area contributed by atoms with Gasteiger partial charge in [0, 0.05) is 30.3 Å². The van der Waals surface area contributed by atoms with Crippen molar-refractivity contribution in [1.82, 2.24) is 4.90 Å². The van der Waals surface area contributed by atoms with E-state index in [-0.39, 0.29) is 19.5 Å². The second-order valence-corrected chi connectivity index (χ2v) is 9.17. The summed E-state index contributed by atoms with van der Waals surface area (Å²) in [5.41, 5.74) is 0.751. The van der Waals surface area contributed by atoms with E-state index in [1.807, 2.05) is 13.0 Å². The van der Waals surface area contributed by atoms with Crippen LogP contribution in [0.4, 0.5) is 10.5 Å². The standard InChI is InChI=1S/C23H30ClN3O5/c1-16-13-18(8-9-19(16)24)27(12-6-10-25)20(28)15-31-21(29)17-7-5-11-26(14-17)22(30)32-23(2,3)4/h8-9,13,17H,5-7,11-12,14-15H2,1-4H3. The van der Waals surface area contributed by atoms with E-state index in [0.29, 0.717) is 30.1 Å². The van der Waals surface area contributed by atoms with Crippen LogP contribution in [-0.2, 0) is 19.1 Å². The Morgan fingerprint density at radius 1 is 1.31 bits per heavy atom. The first-order valence-electron chi connectivity index (χ1n) is 10.6.